The van der Waals surface area contributed by atoms with Gasteiger partial charge in [-0.15, -0.1) is 0 Å². The van der Waals surface area contributed by atoms with E-state index in [-0.39, 0.29) is 0 Å². The molecule has 6 aromatic heterocycles. The highest BCUT2D eigenvalue weighted by molar-refractivity contribution is 6.18. The second-order valence-electron chi connectivity index (χ2n) is 25.1. The van der Waals surface area contributed by atoms with Crippen LogP contribution in [-0.4, -0.2) is 27.4 Å². The van der Waals surface area contributed by atoms with Crippen molar-refractivity contribution in [1.82, 2.24) is 27.4 Å². The van der Waals surface area contributed by atoms with Gasteiger partial charge >= 0.3 is 0 Å². The van der Waals surface area contributed by atoms with Gasteiger partial charge in [-0.05, 0) is 164 Å². The minimum Gasteiger partial charge on any atom is -0.309 e. The lowest BCUT2D eigenvalue weighted by Crippen LogP contribution is -2.06. The maximum absolute atomic E-state index is 11.7. The molecule has 0 aliphatic heterocycles. The van der Waals surface area contributed by atoms with Crippen LogP contribution in [0, 0.1) is 29.6 Å². The van der Waals surface area contributed by atoms with E-state index in [2.05, 4.69) is 332 Å². The molecule has 0 atom stereocenters. The summed E-state index contributed by atoms with van der Waals surface area (Å²) in [6, 6.07) is 112. The average molecular weight is 1210 g/mol. The van der Waals surface area contributed by atoms with Crippen LogP contribution >= 0.6 is 0 Å². The Bertz CT molecular complexity index is 5910. The van der Waals surface area contributed by atoms with Crippen molar-refractivity contribution >= 4 is 131 Å². The van der Waals surface area contributed by atoms with Crippen LogP contribution in [0.25, 0.3) is 176 Å². The van der Waals surface area contributed by atoms with Gasteiger partial charge in [0.2, 0.25) is 0 Å². The molecule has 14 aromatic carbocycles. The van der Waals surface area contributed by atoms with Crippen LogP contribution < -0.4 is 0 Å². The Morgan fingerprint density at radius 1 is 0.221 bits per heavy atom. The van der Waals surface area contributed by atoms with E-state index in [0.29, 0.717) is 11.1 Å². The third kappa shape index (κ3) is 7.45. The van der Waals surface area contributed by atoms with Crippen molar-refractivity contribution in [2.75, 3.05) is 0 Å². The summed E-state index contributed by atoms with van der Waals surface area (Å²) in [6.45, 7) is 2.10. The van der Waals surface area contributed by atoms with E-state index < -0.39 is 0 Å². The Hall–Kier alpha value is -13.1. The summed E-state index contributed by atoms with van der Waals surface area (Å²) in [4.78, 5) is 0. The summed E-state index contributed by atoms with van der Waals surface area (Å²) in [5, 5.41) is 35.9. The standard InChI is InChI=1S/C87H52N8/c1-53-44-54(51-88)34-39-60(53)87-85(94-81-40-35-56(90-73-26-10-2-18-61(73)62-19-3-11-27-74(62)90)47-69(81)70-48-57(36-41-82(70)94)91-75-28-12-4-20-63(75)64-21-5-13-29-76(64)91)45-55(52-89)46-86(87)95-83-42-37-58(92-77-30-14-6-22-65(77)66-23-7-15-31-78(66)92)49-71(83)72-50-59(38-43-84(72)95)93-79-32-16-8-24-67(79)68-25-9-17-33-80(68)93/h2-50H,1H3. The summed E-state index contributed by atoms with van der Waals surface area (Å²) in [5.74, 6) is 0. The predicted molar refractivity (Wildman–Crippen MR) is 392 cm³/mol. The smallest absolute Gasteiger partial charge is 0.0993 e. The van der Waals surface area contributed by atoms with Crippen LogP contribution in [0.4, 0.5) is 0 Å². The van der Waals surface area contributed by atoms with Crippen molar-refractivity contribution in [1.29, 1.82) is 10.5 Å². The molecule has 0 radical (unpaired) electrons. The first kappa shape index (κ1) is 52.6. The molecule has 8 nitrogen and oxygen atoms in total. The predicted octanol–water partition coefficient (Wildman–Crippen LogP) is 22.0. The molecule has 20 rings (SSSR count). The Morgan fingerprint density at radius 3 is 0.705 bits per heavy atom. The van der Waals surface area contributed by atoms with E-state index in [9.17, 15) is 10.5 Å². The zero-order valence-electron chi connectivity index (χ0n) is 51.4. The lowest BCUT2D eigenvalue weighted by atomic mass is 9.93. The van der Waals surface area contributed by atoms with Crippen LogP contribution in [0.3, 0.4) is 0 Å². The van der Waals surface area contributed by atoms with Gasteiger partial charge in [-0.1, -0.05) is 152 Å². The monoisotopic (exact) mass is 1210 g/mol. The van der Waals surface area contributed by atoms with Gasteiger partial charge < -0.3 is 27.4 Å². The topological polar surface area (TPSA) is 77.2 Å². The molecule has 0 aliphatic carbocycles. The van der Waals surface area contributed by atoms with Crippen LogP contribution in [-0.2, 0) is 0 Å². The summed E-state index contributed by atoms with van der Waals surface area (Å²) in [5.41, 5.74) is 22.6. The quantitative estimate of drug-likeness (QED) is 0.159. The van der Waals surface area contributed by atoms with E-state index in [0.717, 1.165) is 139 Å². The van der Waals surface area contributed by atoms with Crippen molar-refractivity contribution in [3.05, 3.63) is 314 Å². The summed E-state index contributed by atoms with van der Waals surface area (Å²) in [6.07, 6.45) is 0. The number of nitriles is 2. The van der Waals surface area contributed by atoms with Gasteiger partial charge in [0, 0.05) is 92.9 Å². The van der Waals surface area contributed by atoms with E-state index in [4.69, 9.17) is 0 Å². The molecule has 0 saturated heterocycles. The maximum Gasteiger partial charge on any atom is 0.0993 e. The van der Waals surface area contributed by atoms with Crippen molar-refractivity contribution in [3.63, 3.8) is 0 Å². The fourth-order valence-electron chi connectivity index (χ4n) is 16.2. The molecule has 95 heavy (non-hydrogen) atoms. The SMILES string of the molecule is Cc1cc(C#N)ccc1-c1c(-n2c3ccc(-n4c5ccccc5c5ccccc54)cc3c3cc(-n4c5ccccc5c5ccccc54)ccc32)cc(C#N)cc1-n1c2ccc(-n3c4ccccc4c4ccccc43)cc2c2cc(-n3c4ccccc4c4ccccc43)ccc21. The van der Waals surface area contributed by atoms with E-state index >= 15 is 0 Å². The van der Waals surface area contributed by atoms with Gasteiger partial charge in [0.05, 0.1) is 101 Å². The van der Waals surface area contributed by atoms with Crippen molar-refractivity contribution in [2.45, 2.75) is 6.92 Å². The first-order valence-electron chi connectivity index (χ1n) is 32.2. The molecule has 6 heterocycles. The summed E-state index contributed by atoms with van der Waals surface area (Å²) >= 11 is 0. The van der Waals surface area contributed by atoms with Crippen LogP contribution in [0.15, 0.2) is 297 Å². The van der Waals surface area contributed by atoms with Gasteiger partial charge in [0.15, 0.2) is 0 Å². The highest BCUT2D eigenvalue weighted by Gasteiger charge is 2.27. The molecular formula is C87H52N8. The maximum atomic E-state index is 11.7. The highest BCUT2D eigenvalue weighted by Crippen LogP contribution is 2.47. The number of rotatable bonds is 7. The Balaban J connectivity index is 0.910. The lowest BCUT2D eigenvalue weighted by molar-refractivity contribution is 1.12. The van der Waals surface area contributed by atoms with Gasteiger partial charge in [-0.25, -0.2) is 0 Å². The second kappa shape index (κ2) is 19.9. The van der Waals surface area contributed by atoms with Crippen LogP contribution in [0.1, 0.15) is 16.7 Å². The van der Waals surface area contributed by atoms with Crippen LogP contribution in [0.2, 0.25) is 0 Å². The third-order valence-electron chi connectivity index (χ3n) is 20.2. The van der Waals surface area contributed by atoms with E-state index in [1.54, 1.807) is 0 Å². The third-order valence-corrected chi connectivity index (χ3v) is 20.2. The molecule has 0 aliphatic rings. The van der Waals surface area contributed by atoms with Crippen molar-refractivity contribution < 1.29 is 0 Å². The minimum absolute atomic E-state index is 0.502. The molecule has 0 N–H and O–H groups in total. The molecule has 440 valence electrons. The summed E-state index contributed by atoms with van der Waals surface area (Å²) in [7, 11) is 0. The number of aryl methyl sites for hydroxylation is 1. The number of para-hydroxylation sites is 8. The van der Waals surface area contributed by atoms with Crippen molar-refractivity contribution in [2.24, 2.45) is 0 Å². The zero-order valence-corrected chi connectivity index (χ0v) is 51.4. The molecule has 8 heteroatoms. The number of benzene rings is 14. The molecule has 0 saturated carbocycles. The Kier molecular flexibility index (Phi) is 11.0. The van der Waals surface area contributed by atoms with Gasteiger partial charge in [0.1, 0.15) is 0 Å². The Morgan fingerprint density at radius 2 is 0.463 bits per heavy atom. The number of hydrogen-bond acceptors (Lipinski definition) is 2. The van der Waals surface area contributed by atoms with E-state index in [1.807, 2.05) is 12.1 Å². The highest BCUT2D eigenvalue weighted by atomic mass is 15.1. The van der Waals surface area contributed by atoms with Crippen LogP contribution in [0.5, 0.6) is 0 Å². The first-order chi connectivity index (χ1) is 47.0. The molecular weight excluding hydrogens is 1160 g/mol. The lowest BCUT2D eigenvalue weighted by Gasteiger charge is -2.22. The molecule has 20 aromatic rings. The number of aromatic nitrogens is 6. The first-order valence-corrected chi connectivity index (χ1v) is 32.2. The van der Waals surface area contributed by atoms with Gasteiger partial charge in [-0.3, -0.25) is 0 Å². The molecule has 0 fully saturated rings. The number of fused-ring (bicyclic) bond motifs is 18. The number of hydrogen-bond donors (Lipinski definition) is 0. The fraction of sp³-hybridized carbons (Fsp3) is 0.0115. The van der Waals surface area contributed by atoms with E-state index in [1.165, 1.54) is 43.1 Å². The minimum atomic E-state index is 0.502. The number of nitrogens with zero attached hydrogens (tertiary/aromatic N) is 8. The van der Waals surface area contributed by atoms with Crippen molar-refractivity contribution in [3.8, 4) is 57.4 Å². The van der Waals surface area contributed by atoms with Gasteiger partial charge in [-0.2, -0.15) is 10.5 Å². The second-order valence-corrected chi connectivity index (χ2v) is 25.1. The summed E-state index contributed by atoms with van der Waals surface area (Å²) < 4.78 is 14.4. The fourth-order valence-corrected chi connectivity index (χ4v) is 16.2. The Labute approximate surface area is 543 Å². The largest absolute Gasteiger partial charge is 0.309 e. The zero-order chi connectivity index (χ0) is 62.7. The molecule has 0 bridgehead atoms. The normalized spacial score (nSPS) is 12.0. The average Bonchev–Trinajstić information content (AvgIpc) is 1.62. The molecule has 0 unspecified atom stereocenters. The van der Waals surface area contributed by atoms with Gasteiger partial charge in [0.25, 0.3) is 0 Å². The molecule has 0 amide bonds. The molecule has 0 spiro atoms.